The van der Waals surface area contributed by atoms with Gasteiger partial charge in [0.1, 0.15) is 11.2 Å². The number of anilines is 3. The Hall–Kier alpha value is -7.16. The monoisotopic (exact) mass is 689 g/mol. The van der Waals surface area contributed by atoms with Crippen LogP contribution in [0.15, 0.2) is 217 Å². The maximum absolute atomic E-state index is 6.79. The van der Waals surface area contributed by atoms with Gasteiger partial charge in [0, 0.05) is 33.4 Å². The summed E-state index contributed by atoms with van der Waals surface area (Å²) >= 11 is 0. The molecular formula is C52H35NO. The predicted molar refractivity (Wildman–Crippen MR) is 228 cm³/mol. The third-order valence-electron chi connectivity index (χ3n) is 10.4. The van der Waals surface area contributed by atoms with Crippen LogP contribution in [0.4, 0.5) is 17.1 Å². The highest BCUT2D eigenvalue weighted by atomic mass is 16.3. The zero-order valence-corrected chi connectivity index (χ0v) is 29.6. The second-order valence-corrected chi connectivity index (χ2v) is 13.7. The fourth-order valence-electron chi connectivity index (χ4n) is 7.80. The van der Waals surface area contributed by atoms with Crippen LogP contribution in [0.3, 0.4) is 0 Å². The SMILES string of the molecule is c1ccc(-c2ccc(N(c3cc(-c4ccccc4)cc(-c4ccccc4)c3)c3ccc4oc5c(-c6ccccc6)cc6ccccc6c5c4c3)cc2)cc1. The third kappa shape index (κ3) is 5.71. The number of benzene rings is 9. The molecule has 2 heteroatoms. The molecule has 254 valence electrons. The molecule has 1 aromatic heterocycles. The van der Waals surface area contributed by atoms with E-state index in [9.17, 15) is 0 Å². The molecule has 0 atom stereocenters. The Morgan fingerprint density at radius 3 is 1.43 bits per heavy atom. The van der Waals surface area contributed by atoms with E-state index < -0.39 is 0 Å². The Kier molecular flexibility index (Phi) is 7.85. The van der Waals surface area contributed by atoms with E-state index in [1.807, 2.05) is 0 Å². The van der Waals surface area contributed by atoms with Crippen molar-refractivity contribution < 1.29 is 4.42 Å². The Morgan fingerprint density at radius 1 is 0.315 bits per heavy atom. The van der Waals surface area contributed by atoms with Crippen LogP contribution in [0.25, 0.3) is 77.2 Å². The first-order chi connectivity index (χ1) is 26.8. The van der Waals surface area contributed by atoms with Crippen LogP contribution >= 0.6 is 0 Å². The van der Waals surface area contributed by atoms with Gasteiger partial charge in [0.15, 0.2) is 0 Å². The molecule has 0 bridgehead atoms. The molecule has 10 rings (SSSR count). The first-order valence-corrected chi connectivity index (χ1v) is 18.4. The summed E-state index contributed by atoms with van der Waals surface area (Å²) in [5, 5.41) is 4.59. The van der Waals surface area contributed by atoms with Crippen molar-refractivity contribution in [3.05, 3.63) is 212 Å². The van der Waals surface area contributed by atoms with Gasteiger partial charge in [-0.2, -0.15) is 0 Å². The van der Waals surface area contributed by atoms with Crippen molar-refractivity contribution in [2.24, 2.45) is 0 Å². The van der Waals surface area contributed by atoms with E-state index in [1.54, 1.807) is 0 Å². The van der Waals surface area contributed by atoms with Gasteiger partial charge in [-0.15, -0.1) is 0 Å². The van der Waals surface area contributed by atoms with Crippen LogP contribution in [0.2, 0.25) is 0 Å². The van der Waals surface area contributed by atoms with Crippen molar-refractivity contribution in [1.82, 2.24) is 0 Å². The number of rotatable bonds is 7. The smallest absolute Gasteiger partial charge is 0.143 e. The van der Waals surface area contributed by atoms with Gasteiger partial charge in [0.05, 0.1) is 0 Å². The zero-order valence-electron chi connectivity index (χ0n) is 29.6. The molecule has 0 spiro atoms. The van der Waals surface area contributed by atoms with Gasteiger partial charge in [-0.25, -0.2) is 0 Å². The van der Waals surface area contributed by atoms with E-state index in [0.717, 1.165) is 61.3 Å². The van der Waals surface area contributed by atoms with Gasteiger partial charge in [-0.05, 0) is 104 Å². The van der Waals surface area contributed by atoms with Crippen molar-refractivity contribution >= 4 is 49.8 Å². The number of fused-ring (bicyclic) bond motifs is 5. The van der Waals surface area contributed by atoms with Crippen molar-refractivity contribution in [1.29, 1.82) is 0 Å². The molecule has 1 heterocycles. The minimum Gasteiger partial charge on any atom is -0.455 e. The molecule has 0 aliphatic carbocycles. The summed E-state index contributed by atoms with van der Waals surface area (Å²) in [6, 6.07) is 75.8. The lowest BCUT2D eigenvalue weighted by atomic mass is 9.96. The molecule has 0 saturated carbocycles. The van der Waals surface area contributed by atoms with Crippen LogP contribution in [0.5, 0.6) is 0 Å². The lowest BCUT2D eigenvalue weighted by molar-refractivity contribution is 0.670. The molecule has 0 saturated heterocycles. The molecule has 0 N–H and O–H groups in total. The predicted octanol–water partition coefficient (Wildman–Crippen LogP) is 14.9. The molecule has 0 fully saturated rings. The maximum Gasteiger partial charge on any atom is 0.143 e. The maximum atomic E-state index is 6.79. The average molecular weight is 690 g/mol. The molecule has 0 amide bonds. The van der Waals surface area contributed by atoms with Gasteiger partial charge < -0.3 is 9.32 Å². The van der Waals surface area contributed by atoms with Crippen LogP contribution in [0.1, 0.15) is 0 Å². The molecule has 0 radical (unpaired) electrons. The molecule has 54 heavy (non-hydrogen) atoms. The summed E-state index contributed by atoms with van der Waals surface area (Å²) in [6.07, 6.45) is 0. The average Bonchev–Trinajstić information content (AvgIpc) is 3.64. The highest BCUT2D eigenvalue weighted by molar-refractivity contribution is 6.23. The summed E-state index contributed by atoms with van der Waals surface area (Å²) in [6.45, 7) is 0. The first kappa shape index (κ1) is 31.6. The number of furan rings is 1. The Balaban J connectivity index is 1.23. The van der Waals surface area contributed by atoms with Gasteiger partial charge in [0.2, 0.25) is 0 Å². The molecule has 9 aromatic carbocycles. The Bertz CT molecular complexity index is 2840. The third-order valence-corrected chi connectivity index (χ3v) is 10.4. The number of nitrogens with zero attached hydrogens (tertiary/aromatic N) is 1. The minimum absolute atomic E-state index is 0.865. The largest absolute Gasteiger partial charge is 0.455 e. The first-order valence-electron chi connectivity index (χ1n) is 18.4. The van der Waals surface area contributed by atoms with E-state index in [-0.39, 0.29) is 0 Å². The Labute approximate surface area is 314 Å². The summed E-state index contributed by atoms with van der Waals surface area (Å²) < 4.78 is 6.79. The number of hydrogen-bond donors (Lipinski definition) is 0. The fourth-order valence-corrected chi connectivity index (χ4v) is 7.80. The summed E-state index contributed by atoms with van der Waals surface area (Å²) in [7, 11) is 0. The second kappa shape index (κ2) is 13.4. The zero-order chi connectivity index (χ0) is 35.8. The highest BCUT2D eigenvalue weighted by Crippen LogP contribution is 2.45. The van der Waals surface area contributed by atoms with E-state index in [0.29, 0.717) is 0 Å². The van der Waals surface area contributed by atoms with Crippen LogP contribution in [-0.4, -0.2) is 0 Å². The molecular weight excluding hydrogens is 655 g/mol. The van der Waals surface area contributed by atoms with E-state index in [1.165, 1.54) is 33.0 Å². The lowest BCUT2D eigenvalue weighted by Crippen LogP contribution is -2.10. The molecule has 2 nitrogen and oxygen atoms in total. The van der Waals surface area contributed by atoms with Crippen molar-refractivity contribution in [2.45, 2.75) is 0 Å². The fraction of sp³-hybridized carbons (Fsp3) is 0. The van der Waals surface area contributed by atoms with Crippen LogP contribution in [0, 0.1) is 0 Å². The molecule has 0 aliphatic heterocycles. The van der Waals surface area contributed by atoms with Crippen LogP contribution < -0.4 is 4.90 Å². The van der Waals surface area contributed by atoms with E-state index in [4.69, 9.17) is 4.42 Å². The van der Waals surface area contributed by atoms with Gasteiger partial charge in [0.25, 0.3) is 0 Å². The lowest BCUT2D eigenvalue weighted by Gasteiger charge is -2.27. The van der Waals surface area contributed by atoms with Crippen molar-refractivity contribution in [3.8, 4) is 44.5 Å². The minimum atomic E-state index is 0.865. The van der Waals surface area contributed by atoms with Gasteiger partial charge >= 0.3 is 0 Å². The quantitative estimate of drug-likeness (QED) is 0.166. The topological polar surface area (TPSA) is 16.4 Å². The molecule has 10 aromatic rings. The van der Waals surface area contributed by atoms with E-state index in [2.05, 4.69) is 217 Å². The number of hydrogen-bond acceptors (Lipinski definition) is 2. The molecule has 0 unspecified atom stereocenters. The van der Waals surface area contributed by atoms with Crippen LogP contribution in [-0.2, 0) is 0 Å². The molecule has 0 aliphatic rings. The highest BCUT2D eigenvalue weighted by Gasteiger charge is 2.20. The summed E-state index contributed by atoms with van der Waals surface area (Å²) in [5.74, 6) is 0. The van der Waals surface area contributed by atoms with Gasteiger partial charge in [-0.3, -0.25) is 0 Å². The normalized spacial score (nSPS) is 11.3. The standard InChI is InChI=1S/C52H35NO/c1-5-15-36(16-6-1)39-25-27-44(28-26-39)53(46-32-42(37-17-7-2-8-18-37)31-43(33-46)38-19-9-3-10-20-38)45-29-30-50-49(35-45)51-47-24-14-13-23-41(47)34-48(52(51)54-50)40-21-11-4-12-22-40/h1-35H. The Morgan fingerprint density at radius 2 is 0.815 bits per heavy atom. The summed E-state index contributed by atoms with van der Waals surface area (Å²) in [4.78, 5) is 2.38. The van der Waals surface area contributed by atoms with Gasteiger partial charge in [-0.1, -0.05) is 158 Å². The second-order valence-electron chi connectivity index (χ2n) is 13.7. The van der Waals surface area contributed by atoms with Crippen molar-refractivity contribution in [2.75, 3.05) is 4.90 Å². The van der Waals surface area contributed by atoms with Crippen molar-refractivity contribution in [3.63, 3.8) is 0 Å². The summed E-state index contributed by atoms with van der Waals surface area (Å²) in [5.41, 5.74) is 14.2. The van der Waals surface area contributed by atoms with E-state index >= 15 is 0 Å².